The Morgan fingerprint density at radius 2 is 1.52 bits per heavy atom. The molecule has 2 amide bonds. The molecule has 0 saturated carbocycles. The summed E-state index contributed by atoms with van der Waals surface area (Å²) in [5.74, 6) is 0.379. The number of rotatable bonds is 7. The number of imide groups is 1. The molecule has 0 radical (unpaired) electrons. The van der Waals surface area contributed by atoms with E-state index in [0.717, 1.165) is 16.8 Å². The van der Waals surface area contributed by atoms with Crippen molar-refractivity contribution in [1.29, 1.82) is 0 Å². The smallest absolute Gasteiger partial charge is 0.282 e. The summed E-state index contributed by atoms with van der Waals surface area (Å²) in [7, 11) is 0. The van der Waals surface area contributed by atoms with Crippen LogP contribution >= 0.6 is 0 Å². The molecule has 1 heterocycles. The highest BCUT2D eigenvalue weighted by Gasteiger charge is 2.40. The van der Waals surface area contributed by atoms with E-state index in [1.54, 1.807) is 24.3 Å². The van der Waals surface area contributed by atoms with Crippen LogP contribution in [0.3, 0.4) is 0 Å². The number of carbonyl (C=O) groups is 2. The predicted molar refractivity (Wildman–Crippen MR) is 132 cm³/mol. The molecule has 33 heavy (non-hydrogen) atoms. The average molecular weight is 441 g/mol. The number of nitrogens with zero attached hydrogens (tertiary/aromatic N) is 1. The molecule has 3 aromatic rings. The second-order valence-corrected chi connectivity index (χ2v) is 8.70. The summed E-state index contributed by atoms with van der Waals surface area (Å²) in [5.41, 5.74) is 4.71. The Morgan fingerprint density at radius 1 is 0.848 bits per heavy atom. The van der Waals surface area contributed by atoms with Gasteiger partial charge in [-0.05, 0) is 61.2 Å². The molecule has 0 fully saturated rings. The number of benzene rings is 3. The highest BCUT2D eigenvalue weighted by atomic mass is 16.5. The Labute approximate surface area is 194 Å². The third-order valence-corrected chi connectivity index (χ3v) is 5.51. The zero-order valence-electron chi connectivity index (χ0n) is 19.4. The minimum atomic E-state index is -0.380. The van der Waals surface area contributed by atoms with E-state index in [1.807, 2.05) is 62.4 Å². The molecule has 0 bridgehead atoms. The van der Waals surface area contributed by atoms with E-state index in [1.165, 1.54) is 4.90 Å². The molecule has 4 rings (SSSR count). The Hall–Kier alpha value is -3.86. The van der Waals surface area contributed by atoms with Crippen molar-refractivity contribution in [2.75, 3.05) is 16.8 Å². The van der Waals surface area contributed by atoms with Crippen LogP contribution in [0.1, 0.15) is 30.5 Å². The summed E-state index contributed by atoms with van der Waals surface area (Å²) in [6.07, 6.45) is 0. The van der Waals surface area contributed by atoms with Gasteiger partial charge in [-0.1, -0.05) is 61.9 Å². The normalized spacial score (nSPS) is 13.8. The lowest BCUT2D eigenvalue weighted by Gasteiger charge is -2.16. The van der Waals surface area contributed by atoms with E-state index >= 15 is 0 Å². The van der Waals surface area contributed by atoms with Gasteiger partial charge >= 0.3 is 0 Å². The van der Waals surface area contributed by atoms with Crippen molar-refractivity contribution in [2.24, 2.45) is 5.92 Å². The number of anilines is 2. The van der Waals surface area contributed by atoms with Gasteiger partial charge in [0.1, 0.15) is 11.4 Å². The van der Waals surface area contributed by atoms with Gasteiger partial charge in [-0.3, -0.25) is 9.59 Å². The topological polar surface area (TPSA) is 58.6 Å². The van der Waals surface area contributed by atoms with Crippen molar-refractivity contribution in [3.8, 4) is 5.75 Å². The van der Waals surface area contributed by atoms with Crippen molar-refractivity contribution >= 4 is 28.8 Å². The van der Waals surface area contributed by atoms with Gasteiger partial charge in [-0.25, -0.2) is 4.90 Å². The van der Waals surface area contributed by atoms with E-state index in [9.17, 15) is 9.59 Å². The molecule has 1 N–H and O–H groups in total. The number of nitrogens with one attached hydrogen (secondary N) is 1. The highest BCUT2D eigenvalue weighted by molar-refractivity contribution is 6.46. The van der Waals surface area contributed by atoms with Gasteiger partial charge in [0.15, 0.2) is 0 Å². The molecule has 1 aliphatic heterocycles. The number of ether oxygens (including phenoxy) is 1. The number of hydrogen-bond acceptors (Lipinski definition) is 4. The third-order valence-electron chi connectivity index (χ3n) is 5.51. The van der Waals surface area contributed by atoms with Crippen LogP contribution in [-0.2, 0) is 9.59 Å². The number of para-hydroxylation sites is 1. The maximum Gasteiger partial charge on any atom is 0.282 e. The maximum atomic E-state index is 13.6. The molecule has 0 aromatic heterocycles. The van der Waals surface area contributed by atoms with Gasteiger partial charge in [-0.15, -0.1) is 0 Å². The van der Waals surface area contributed by atoms with Gasteiger partial charge in [0, 0.05) is 5.69 Å². The summed E-state index contributed by atoms with van der Waals surface area (Å²) in [6, 6.07) is 22.4. The first kappa shape index (κ1) is 22.3. The van der Waals surface area contributed by atoms with Crippen molar-refractivity contribution < 1.29 is 14.3 Å². The molecule has 1 aliphatic rings. The van der Waals surface area contributed by atoms with Crippen molar-refractivity contribution in [3.63, 3.8) is 0 Å². The second-order valence-electron chi connectivity index (χ2n) is 8.70. The largest absolute Gasteiger partial charge is 0.493 e. The monoisotopic (exact) mass is 440 g/mol. The molecule has 5 nitrogen and oxygen atoms in total. The van der Waals surface area contributed by atoms with E-state index < -0.39 is 0 Å². The molecule has 0 atom stereocenters. The average Bonchev–Trinajstić information content (AvgIpc) is 3.04. The fraction of sp³-hybridized carbons (Fsp3) is 0.214. The Kier molecular flexibility index (Phi) is 6.31. The zero-order valence-corrected chi connectivity index (χ0v) is 19.4. The van der Waals surface area contributed by atoms with Crippen LogP contribution < -0.4 is 15.0 Å². The standard InChI is InChI=1S/C28H28N2O3/c1-18(2)17-33-23-15-13-22(14-16-23)30-27(31)25(21-11-9-19(3)10-12-21)26(28(30)32)29-24-8-6-5-7-20(24)4/h5-16,18,29H,17H2,1-4H3. The van der Waals surface area contributed by atoms with Crippen molar-refractivity contribution in [3.05, 3.63) is 95.2 Å². The zero-order chi connectivity index (χ0) is 23.5. The lowest BCUT2D eigenvalue weighted by atomic mass is 10.0. The van der Waals surface area contributed by atoms with Crippen molar-refractivity contribution in [1.82, 2.24) is 0 Å². The summed E-state index contributed by atoms with van der Waals surface area (Å²) in [6.45, 7) is 8.71. The van der Waals surface area contributed by atoms with Gasteiger partial charge < -0.3 is 10.1 Å². The van der Waals surface area contributed by atoms with Crippen LogP contribution in [0.2, 0.25) is 0 Å². The van der Waals surface area contributed by atoms with Crippen LogP contribution in [0.25, 0.3) is 5.57 Å². The van der Waals surface area contributed by atoms with E-state index in [4.69, 9.17) is 4.74 Å². The number of aryl methyl sites for hydroxylation is 2. The highest BCUT2D eigenvalue weighted by Crippen LogP contribution is 2.35. The van der Waals surface area contributed by atoms with Crippen molar-refractivity contribution in [2.45, 2.75) is 27.7 Å². The van der Waals surface area contributed by atoms with Crippen LogP contribution in [0.4, 0.5) is 11.4 Å². The van der Waals surface area contributed by atoms with Crippen LogP contribution in [0.15, 0.2) is 78.5 Å². The molecular weight excluding hydrogens is 412 g/mol. The van der Waals surface area contributed by atoms with Crippen LogP contribution in [-0.4, -0.2) is 18.4 Å². The Balaban J connectivity index is 1.71. The fourth-order valence-electron chi connectivity index (χ4n) is 3.67. The summed E-state index contributed by atoms with van der Waals surface area (Å²) in [4.78, 5) is 28.3. The van der Waals surface area contributed by atoms with Crippen LogP contribution in [0.5, 0.6) is 5.75 Å². The molecule has 0 saturated heterocycles. The summed E-state index contributed by atoms with van der Waals surface area (Å²) >= 11 is 0. The van der Waals surface area contributed by atoms with Gasteiger partial charge in [0.2, 0.25) is 0 Å². The lowest BCUT2D eigenvalue weighted by Crippen LogP contribution is -2.32. The molecule has 168 valence electrons. The number of amides is 2. The minimum Gasteiger partial charge on any atom is -0.493 e. The second kappa shape index (κ2) is 9.33. The molecule has 0 spiro atoms. The fourth-order valence-corrected chi connectivity index (χ4v) is 3.67. The summed E-state index contributed by atoms with van der Waals surface area (Å²) < 4.78 is 5.74. The van der Waals surface area contributed by atoms with Gasteiger partial charge in [0.25, 0.3) is 11.8 Å². The lowest BCUT2D eigenvalue weighted by molar-refractivity contribution is -0.120. The maximum absolute atomic E-state index is 13.6. The summed E-state index contributed by atoms with van der Waals surface area (Å²) in [5, 5.41) is 3.24. The van der Waals surface area contributed by atoms with Gasteiger partial charge in [0.05, 0.1) is 17.9 Å². The molecular formula is C28H28N2O3. The van der Waals surface area contributed by atoms with E-state index in [-0.39, 0.29) is 17.5 Å². The number of carbonyl (C=O) groups excluding carboxylic acids is 2. The van der Waals surface area contributed by atoms with E-state index in [2.05, 4.69) is 19.2 Å². The number of hydrogen-bond donors (Lipinski definition) is 1. The molecule has 0 aliphatic carbocycles. The molecule has 5 heteroatoms. The van der Waals surface area contributed by atoms with E-state index in [0.29, 0.717) is 35.1 Å². The first-order valence-corrected chi connectivity index (χ1v) is 11.1. The molecule has 0 unspecified atom stereocenters. The molecule has 3 aromatic carbocycles. The first-order valence-electron chi connectivity index (χ1n) is 11.1. The first-order chi connectivity index (χ1) is 15.8. The SMILES string of the molecule is Cc1ccc(C2=C(Nc3ccccc3C)C(=O)N(c3ccc(OCC(C)C)cc3)C2=O)cc1. The van der Waals surface area contributed by atoms with Gasteiger partial charge in [-0.2, -0.15) is 0 Å². The quantitative estimate of drug-likeness (QED) is 0.476. The minimum absolute atomic E-state index is 0.276. The van der Waals surface area contributed by atoms with Crippen LogP contribution in [0, 0.1) is 19.8 Å². The Morgan fingerprint density at radius 3 is 2.15 bits per heavy atom. The predicted octanol–water partition coefficient (Wildman–Crippen LogP) is 5.73. The third kappa shape index (κ3) is 4.67. The Bertz CT molecular complexity index is 1210.